The Balaban J connectivity index is 2.63. The van der Waals surface area contributed by atoms with E-state index in [4.69, 9.17) is 14.4 Å². The molecule has 0 unspecified atom stereocenters. The van der Waals surface area contributed by atoms with Crippen LogP contribution in [0.15, 0.2) is 4.52 Å². The maximum atomic E-state index is 11.5. The molecule has 0 saturated heterocycles. The van der Waals surface area contributed by atoms with Gasteiger partial charge in [-0.15, -0.1) is 0 Å². The van der Waals surface area contributed by atoms with Gasteiger partial charge in [-0.1, -0.05) is 5.16 Å². The predicted octanol–water partition coefficient (Wildman–Crippen LogP) is 0.898. The quantitative estimate of drug-likeness (QED) is 0.835. The average Bonchev–Trinajstić information content (AvgIpc) is 2.60. The molecule has 1 heterocycles. The lowest BCUT2D eigenvalue weighted by Gasteiger charge is -2.21. The minimum Gasteiger partial charge on any atom is -0.480 e. The van der Waals surface area contributed by atoms with Crippen molar-refractivity contribution in [1.29, 1.82) is 0 Å². The van der Waals surface area contributed by atoms with Gasteiger partial charge in [0.05, 0.1) is 0 Å². The normalized spacial score (nSPS) is 12.8. The van der Waals surface area contributed by atoms with Crippen LogP contribution in [-0.2, 0) is 16.0 Å². The Morgan fingerprint density at radius 3 is 2.53 bits per heavy atom. The molecule has 0 aliphatic rings. The second kappa shape index (κ2) is 5.68. The number of nitrogens with zero attached hydrogens (tertiary/aromatic N) is 2. The standard InChI is InChI=1S/C11H17N3O5/c1-6-12-8(14-19-6)5-7(9(15)16)13-10(17)18-11(2,3)4/h7H,5H2,1-4H3,(H,13,17)(H,15,16)/t7-/m0/s1. The molecule has 106 valence electrons. The van der Waals surface area contributed by atoms with Gasteiger partial charge in [0, 0.05) is 13.3 Å². The molecule has 0 spiro atoms. The molecule has 0 bridgehead atoms. The minimum absolute atomic E-state index is 0.0775. The first-order valence-corrected chi connectivity index (χ1v) is 5.69. The Morgan fingerprint density at radius 2 is 2.11 bits per heavy atom. The van der Waals surface area contributed by atoms with E-state index in [1.165, 1.54) is 0 Å². The van der Waals surface area contributed by atoms with Crippen LogP contribution in [0.1, 0.15) is 32.5 Å². The summed E-state index contributed by atoms with van der Waals surface area (Å²) >= 11 is 0. The van der Waals surface area contributed by atoms with Crippen molar-refractivity contribution >= 4 is 12.1 Å². The zero-order valence-corrected chi connectivity index (χ0v) is 11.3. The number of aryl methyl sites for hydroxylation is 1. The zero-order chi connectivity index (χ0) is 14.6. The third-order valence-corrected chi connectivity index (χ3v) is 1.95. The number of nitrogens with one attached hydrogen (secondary N) is 1. The van der Waals surface area contributed by atoms with Gasteiger partial charge in [-0.3, -0.25) is 0 Å². The van der Waals surface area contributed by atoms with Gasteiger partial charge in [-0.2, -0.15) is 4.98 Å². The molecule has 0 saturated carbocycles. The monoisotopic (exact) mass is 271 g/mol. The topological polar surface area (TPSA) is 115 Å². The number of ether oxygens (including phenoxy) is 1. The first-order chi connectivity index (χ1) is 8.67. The lowest BCUT2D eigenvalue weighted by molar-refractivity contribution is -0.139. The molecule has 1 amide bonds. The van der Waals surface area contributed by atoms with Crippen molar-refractivity contribution in [3.05, 3.63) is 11.7 Å². The largest absolute Gasteiger partial charge is 0.480 e. The lowest BCUT2D eigenvalue weighted by Crippen LogP contribution is -2.44. The van der Waals surface area contributed by atoms with Crippen LogP contribution in [-0.4, -0.2) is 39.0 Å². The van der Waals surface area contributed by atoms with E-state index in [9.17, 15) is 9.59 Å². The van der Waals surface area contributed by atoms with Gasteiger partial charge in [-0.25, -0.2) is 9.59 Å². The second-order valence-electron chi connectivity index (χ2n) is 4.97. The van der Waals surface area contributed by atoms with Crippen LogP contribution < -0.4 is 5.32 Å². The summed E-state index contributed by atoms with van der Waals surface area (Å²) in [4.78, 5) is 26.4. The van der Waals surface area contributed by atoms with Crippen molar-refractivity contribution in [1.82, 2.24) is 15.5 Å². The summed E-state index contributed by atoms with van der Waals surface area (Å²) < 4.78 is 9.72. The van der Waals surface area contributed by atoms with Gasteiger partial charge in [0.1, 0.15) is 11.6 Å². The van der Waals surface area contributed by atoms with Crippen molar-refractivity contribution in [2.45, 2.75) is 45.8 Å². The summed E-state index contributed by atoms with van der Waals surface area (Å²) in [5.41, 5.74) is -0.699. The highest BCUT2D eigenvalue weighted by Gasteiger charge is 2.25. The molecule has 0 aromatic carbocycles. The molecule has 0 radical (unpaired) electrons. The van der Waals surface area contributed by atoms with Gasteiger partial charge < -0.3 is 19.7 Å². The van der Waals surface area contributed by atoms with Crippen molar-refractivity contribution in [2.75, 3.05) is 0 Å². The summed E-state index contributed by atoms with van der Waals surface area (Å²) in [5.74, 6) is -0.661. The maximum absolute atomic E-state index is 11.5. The Kier molecular flexibility index (Phi) is 4.47. The van der Waals surface area contributed by atoms with Gasteiger partial charge in [0.2, 0.25) is 5.89 Å². The number of carboxylic acids is 1. The number of carboxylic acid groups (broad SMARTS) is 1. The van der Waals surface area contributed by atoms with Crippen molar-refractivity contribution in [3.8, 4) is 0 Å². The highest BCUT2D eigenvalue weighted by atomic mass is 16.6. The van der Waals surface area contributed by atoms with Gasteiger partial charge in [-0.05, 0) is 20.8 Å². The Labute approximate surface area is 110 Å². The Bertz CT molecular complexity index is 463. The van der Waals surface area contributed by atoms with E-state index < -0.39 is 23.7 Å². The highest BCUT2D eigenvalue weighted by Crippen LogP contribution is 2.07. The average molecular weight is 271 g/mol. The number of hydrogen-bond donors (Lipinski definition) is 2. The van der Waals surface area contributed by atoms with E-state index in [-0.39, 0.29) is 12.2 Å². The Morgan fingerprint density at radius 1 is 1.47 bits per heavy atom. The van der Waals surface area contributed by atoms with Crippen LogP contribution >= 0.6 is 0 Å². The molecular formula is C11H17N3O5. The highest BCUT2D eigenvalue weighted by molar-refractivity contribution is 5.80. The zero-order valence-electron chi connectivity index (χ0n) is 11.3. The van der Waals surface area contributed by atoms with Crippen LogP contribution in [0, 0.1) is 6.92 Å². The van der Waals surface area contributed by atoms with Crippen LogP contribution in [0.2, 0.25) is 0 Å². The molecule has 8 heteroatoms. The van der Waals surface area contributed by atoms with Crippen LogP contribution in [0.4, 0.5) is 4.79 Å². The summed E-state index contributed by atoms with van der Waals surface area (Å²) in [6, 6.07) is -1.17. The van der Waals surface area contributed by atoms with Gasteiger partial charge in [0.15, 0.2) is 5.82 Å². The number of aliphatic carboxylic acids is 1. The smallest absolute Gasteiger partial charge is 0.408 e. The van der Waals surface area contributed by atoms with Gasteiger partial charge >= 0.3 is 12.1 Å². The van der Waals surface area contributed by atoms with Crippen LogP contribution in [0.3, 0.4) is 0 Å². The second-order valence-corrected chi connectivity index (χ2v) is 4.97. The number of amides is 1. The van der Waals surface area contributed by atoms with Crippen LogP contribution in [0.25, 0.3) is 0 Å². The number of carbonyl (C=O) groups excluding carboxylic acids is 1. The number of carbonyl (C=O) groups is 2. The summed E-state index contributed by atoms with van der Waals surface area (Å²) in [5, 5.41) is 14.9. The number of rotatable bonds is 4. The van der Waals surface area contributed by atoms with Crippen molar-refractivity contribution in [3.63, 3.8) is 0 Å². The summed E-state index contributed by atoms with van der Waals surface area (Å²) in [6.07, 6.45) is -0.883. The van der Waals surface area contributed by atoms with E-state index in [0.29, 0.717) is 5.89 Å². The fraction of sp³-hybridized carbons (Fsp3) is 0.636. The molecule has 1 atom stereocenters. The molecule has 0 fully saturated rings. The summed E-state index contributed by atoms with van der Waals surface area (Å²) in [6.45, 7) is 6.65. The number of aromatic nitrogens is 2. The summed E-state index contributed by atoms with van der Waals surface area (Å²) in [7, 11) is 0. The lowest BCUT2D eigenvalue weighted by atomic mass is 10.2. The molecule has 0 aliphatic carbocycles. The van der Waals surface area contributed by atoms with E-state index in [2.05, 4.69) is 15.5 Å². The van der Waals surface area contributed by atoms with E-state index in [0.717, 1.165) is 0 Å². The van der Waals surface area contributed by atoms with Crippen LogP contribution in [0.5, 0.6) is 0 Å². The molecule has 19 heavy (non-hydrogen) atoms. The SMILES string of the molecule is Cc1nc(C[C@H](NC(=O)OC(C)(C)C)C(=O)O)no1. The number of hydrogen-bond acceptors (Lipinski definition) is 6. The first-order valence-electron chi connectivity index (χ1n) is 5.69. The third-order valence-electron chi connectivity index (χ3n) is 1.95. The molecular weight excluding hydrogens is 254 g/mol. The van der Waals surface area contributed by atoms with Crippen molar-refractivity contribution < 1.29 is 24.0 Å². The van der Waals surface area contributed by atoms with Crippen molar-refractivity contribution in [2.24, 2.45) is 0 Å². The third kappa shape index (κ3) is 5.36. The van der Waals surface area contributed by atoms with Gasteiger partial charge in [0.25, 0.3) is 0 Å². The fourth-order valence-corrected chi connectivity index (χ4v) is 1.26. The predicted molar refractivity (Wildman–Crippen MR) is 63.5 cm³/mol. The van der Waals surface area contributed by atoms with E-state index in [1.807, 2.05) is 0 Å². The molecule has 1 aromatic heterocycles. The molecule has 1 rings (SSSR count). The van der Waals surface area contributed by atoms with E-state index >= 15 is 0 Å². The fourth-order valence-electron chi connectivity index (χ4n) is 1.26. The number of alkyl carbamates (subject to hydrolysis) is 1. The molecule has 1 aromatic rings. The maximum Gasteiger partial charge on any atom is 0.408 e. The Hall–Kier alpha value is -2.12. The molecule has 0 aliphatic heterocycles. The minimum atomic E-state index is -1.20. The molecule has 8 nitrogen and oxygen atoms in total. The molecule has 2 N–H and O–H groups in total. The first kappa shape index (κ1) is 14.9. The van der Waals surface area contributed by atoms with E-state index in [1.54, 1.807) is 27.7 Å².